The van der Waals surface area contributed by atoms with Gasteiger partial charge in [-0.1, -0.05) is 62.7 Å². The van der Waals surface area contributed by atoms with Gasteiger partial charge in [0.1, 0.15) is 5.71 Å². The van der Waals surface area contributed by atoms with Gasteiger partial charge in [-0.3, -0.25) is 0 Å². The van der Waals surface area contributed by atoms with Gasteiger partial charge in [-0.05, 0) is 25.5 Å². The number of hydrogen-bond acceptors (Lipinski definition) is 3. The van der Waals surface area contributed by atoms with Crippen LogP contribution in [0, 0.1) is 0 Å². The summed E-state index contributed by atoms with van der Waals surface area (Å²) in [6, 6.07) is 8.10. The normalized spacial score (nSPS) is 12.2. The van der Waals surface area contributed by atoms with Gasteiger partial charge in [0.2, 0.25) is 0 Å². The zero-order valence-corrected chi connectivity index (χ0v) is 13.8. The molecule has 0 aliphatic carbocycles. The van der Waals surface area contributed by atoms with Crippen molar-refractivity contribution in [3.05, 3.63) is 30.1 Å². The summed E-state index contributed by atoms with van der Waals surface area (Å²) < 4.78 is 2.18. The van der Waals surface area contributed by atoms with Gasteiger partial charge in [0, 0.05) is 6.54 Å². The van der Waals surface area contributed by atoms with E-state index in [1.165, 1.54) is 38.5 Å². The number of benzene rings is 1. The predicted octanol–water partition coefficient (Wildman–Crippen LogP) is 4.99. The fourth-order valence-corrected chi connectivity index (χ4v) is 2.85. The smallest absolute Gasteiger partial charge is 0.158 e. The molecule has 1 N–H and O–H groups in total. The number of fused-ring (bicyclic) bond motifs is 1. The summed E-state index contributed by atoms with van der Waals surface area (Å²) in [5.74, 6) is 0.773. The van der Waals surface area contributed by atoms with Crippen LogP contribution in [0.5, 0.6) is 0 Å². The number of hydrogen-bond donors (Lipinski definition) is 1. The largest absolute Gasteiger partial charge is 0.411 e. The van der Waals surface area contributed by atoms with Crippen LogP contribution in [0.4, 0.5) is 0 Å². The molecule has 0 unspecified atom stereocenters. The fraction of sp³-hybridized carbons (Fsp3) is 0.556. The molecule has 0 aliphatic rings. The number of unbranched alkanes of at least 4 members (excludes halogenated alkanes) is 6. The van der Waals surface area contributed by atoms with E-state index in [4.69, 9.17) is 5.21 Å². The third-order valence-electron chi connectivity index (χ3n) is 4.11. The summed E-state index contributed by atoms with van der Waals surface area (Å²) >= 11 is 0. The zero-order chi connectivity index (χ0) is 15.8. The molecule has 0 fully saturated rings. The van der Waals surface area contributed by atoms with Crippen molar-refractivity contribution in [2.24, 2.45) is 5.16 Å². The molecule has 4 heteroatoms. The Kier molecular flexibility index (Phi) is 6.44. The molecule has 1 aromatic carbocycles. The third kappa shape index (κ3) is 4.09. The number of rotatable bonds is 9. The maximum absolute atomic E-state index is 9.06. The lowest BCUT2D eigenvalue weighted by molar-refractivity contribution is 0.318. The van der Waals surface area contributed by atoms with Crippen LogP contribution in [0.1, 0.15) is 64.6 Å². The van der Waals surface area contributed by atoms with E-state index in [9.17, 15) is 0 Å². The number of nitrogens with zero attached hydrogens (tertiary/aromatic N) is 3. The van der Waals surface area contributed by atoms with Crippen molar-refractivity contribution in [3.63, 3.8) is 0 Å². The second kappa shape index (κ2) is 8.57. The van der Waals surface area contributed by atoms with Crippen molar-refractivity contribution >= 4 is 16.7 Å². The first-order valence-corrected chi connectivity index (χ1v) is 8.42. The summed E-state index contributed by atoms with van der Waals surface area (Å²) in [5.41, 5.74) is 2.65. The van der Waals surface area contributed by atoms with Gasteiger partial charge in [0.25, 0.3) is 0 Å². The van der Waals surface area contributed by atoms with Crippen LogP contribution in [0.25, 0.3) is 11.0 Å². The first-order valence-electron chi connectivity index (χ1n) is 8.42. The van der Waals surface area contributed by atoms with E-state index in [2.05, 4.69) is 27.7 Å². The monoisotopic (exact) mass is 301 g/mol. The highest BCUT2D eigenvalue weighted by Gasteiger charge is 2.12. The highest BCUT2D eigenvalue weighted by molar-refractivity contribution is 5.98. The molecule has 120 valence electrons. The second-order valence-corrected chi connectivity index (χ2v) is 5.88. The molecule has 0 amide bonds. The Labute approximate surface area is 132 Å². The molecule has 0 bridgehead atoms. The van der Waals surface area contributed by atoms with Crippen molar-refractivity contribution in [2.45, 2.75) is 65.3 Å². The zero-order valence-electron chi connectivity index (χ0n) is 13.8. The summed E-state index contributed by atoms with van der Waals surface area (Å²) in [6.07, 6.45) is 9.01. The average molecular weight is 301 g/mol. The summed E-state index contributed by atoms with van der Waals surface area (Å²) in [5, 5.41) is 12.4. The minimum absolute atomic E-state index is 0.569. The Morgan fingerprint density at radius 3 is 2.50 bits per heavy atom. The minimum Gasteiger partial charge on any atom is -0.411 e. The molecule has 0 aliphatic heterocycles. The molecule has 22 heavy (non-hydrogen) atoms. The predicted molar refractivity (Wildman–Crippen MR) is 91.7 cm³/mol. The van der Waals surface area contributed by atoms with E-state index in [1.807, 2.05) is 18.2 Å². The first kappa shape index (κ1) is 16.5. The van der Waals surface area contributed by atoms with Gasteiger partial charge < -0.3 is 9.77 Å². The molecule has 4 nitrogen and oxygen atoms in total. The van der Waals surface area contributed by atoms with E-state index < -0.39 is 0 Å². The summed E-state index contributed by atoms with van der Waals surface area (Å²) in [6.45, 7) is 4.97. The van der Waals surface area contributed by atoms with Gasteiger partial charge in [-0.15, -0.1) is 0 Å². The lowest BCUT2D eigenvalue weighted by Crippen LogP contribution is -2.09. The molecular weight excluding hydrogens is 274 g/mol. The minimum atomic E-state index is 0.569. The van der Waals surface area contributed by atoms with Gasteiger partial charge in [0.15, 0.2) is 5.82 Å². The molecular formula is C18H27N3O. The molecule has 1 aromatic heterocycles. The maximum atomic E-state index is 9.06. The Morgan fingerprint density at radius 1 is 1.09 bits per heavy atom. The fourth-order valence-electron chi connectivity index (χ4n) is 2.85. The van der Waals surface area contributed by atoms with Gasteiger partial charge in [-0.2, -0.15) is 0 Å². The van der Waals surface area contributed by atoms with Crippen molar-refractivity contribution in [1.29, 1.82) is 0 Å². The highest BCUT2D eigenvalue weighted by atomic mass is 16.4. The number of imidazole rings is 1. The maximum Gasteiger partial charge on any atom is 0.158 e. The van der Waals surface area contributed by atoms with Crippen LogP contribution in [-0.2, 0) is 6.54 Å². The Morgan fingerprint density at radius 2 is 1.77 bits per heavy atom. The van der Waals surface area contributed by atoms with Gasteiger partial charge in [0.05, 0.1) is 11.0 Å². The Balaban J connectivity index is 2.00. The summed E-state index contributed by atoms with van der Waals surface area (Å²) in [7, 11) is 0. The standard InChI is InChI=1S/C18H27N3O/c1-3-4-5-6-7-8-11-14-21-17-13-10-9-12-16(17)19-18(21)15(2)20-22/h9-10,12-13,22H,3-8,11,14H2,1-2H3. The van der Waals surface area contributed by atoms with Crippen molar-refractivity contribution in [3.8, 4) is 0 Å². The lowest BCUT2D eigenvalue weighted by Gasteiger charge is -2.08. The topological polar surface area (TPSA) is 50.4 Å². The lowest BCUT2D eigenvalue weighted by atomic mass is 10.1. The van der Waals surface area contributed by atoms with E-state index >= 15 is 0 Å². The van der Waals surface area contributed by atoms with Gasteiger partial charge in [-0.25, -0.2) is 4.98 Å². The third-order valence-corrected chi connectivity index (χ3v) is 4.11. The SMILES string of the molecule is CCCCCCCCCn1c(C(C)=NO)nc2ccccc21. The number of aryl methyl sites for hydroxylation is 1. The van der Waals surface area contributed by atoms with E-state index in [0.29, 0.717) is 5.71 Å². The molecule has 0 spiro atoms. The van der Waals surface area contributed by atoms with Gasteiger partial charge >= 0.3 is 0 Å². The molecule has 0 radical (unpaired) electrons. The van der Waals surface area contributed by atoms with Crippen LogP contribution >= 0.6 is 0 Å². The quantitative estimate of drug-likeness (QED) is 0.307. The first-order chi connectivity index (χ1) is 10.8. The average Bonchev–Trinajstić information content (AvgIpc) is 2.92. The van der Waals surface area contributed by atoms with Crippen LogP contribution < -0.4 is 0 Å². The van der Waals surface area contributed by atoms with Crippen molar-refractivity contribution in [2.75, 3.05) is 0 Å². The number of para-hydroxylation sites is 2. The van der Waals surface area contributed by atoms with Crippen molar-refractivity contribution < 1.29 is 5.21 Å². The number of oxime groups is 1. The van der Waals surface area contributed by atoms with E-state index in [-0.39, 0.29) is 0 Å². The summed E-state index contributed by atoms with van der Waals surface area (Å²) in [4.78, 5) is 4.60. The van der Waals surface area contributed by atoms with Crippen LogP contribution in [0.15, 0.2) is 29.4 Å². The van der Waals surface area contributed by atoms with Crippen molar-refractivity contribution in [1.82, 2.24) is 9.55 Å². The Bertz CT molecular complexity index is 616. The Hall–Kier alpha value is -1.84. The molecule has 2 aromatic rings. The van der Waals surface area contributed by atoms with Crippen LogP contribution in [0.2, 0.25) is 0 Å². The molecule has 1 heterocycles. The molecule has 0 saturated carbocycles. The second-order valence-electron chi connectivity index (χ2n) is 5.88. The van der Waals surface area contributed by atoms with E-state index in [1.54, 1.807) is 6.92 Å². The number of aromatic nitrogens is 2. The van der Waals surface area contributed by atoms with Crippen LogP contribution in [0.3, 0.4) is 0 Å². The van der Waals surface area contributed by atoms with E-state index in [0.717, 1.165) is 29.8 Å². The molecule has 0 saturated heterocycles. The highest BCUT2D eigenvalue weighted by Crippen LogP contribution is 2.18. The van der Waals surface area contributed by atoms with Crippen LogP contribution in [-0.4, -0.2) is 20.5 Å². The molecule has 2 rings (SSSR count). The molecule has 0 atom stereocenters.